The lowest BCUT2D eigenvalue weighted by Gasteiger charge is -2.28. The van der Waals surface area contributed by atoms with Crippen LogP contribution in [0, 0.1) is 5.41 Å². The molecular formula is C12H22N4O2. The summed E-state index contributed by atoms with van der Waals surface area (Å²) in [6, 6.07) is 0. The molecule has 0 aliphatic rings. The Hall–Kier alpha value is -1.56. The molecule has 6 nitrogen and oxygen atoms in total. The average Bonchev–Trinajstić information content (AvgIpc) is 2.24. The Balaban J connectivity index is 2.75. The van der Waals surface area contributed by atoms with Crippen molar-refractivity contribution in [2.45, 2.75) is 13.8 Å². The summed E-state index contributed by atoms with van der Waals surface area (Å²) in [5.74, 6) is 0.700. The molecule has 0 bridgehead atoms. The third-order valence-electron chi connectivity index (χ3n) is 2.49. The van der Waals surface area contributed by atoms with Crippen molar-refractivity contribution in [1.29, 1.82) is 0 Å². The number of nitrogens with zero attached hydrogens (tertiary/aromatic N) is 2. The monoisotopic (exact) mass is 254 g/mol. The van der Waals surface area contributed by atoms with Gasteiger partial charge < -0.3 is 19.9 Å². The number of anilines is 1. The van der Waals surface area contributed by atoms with Crippen LogP contribution in [0.25, 0.3) is 0 Å². The number of ether oxygens (including phenoxy) is 1. The molecule has 0 atom stereocenters. The molecule has 2 N–H and O–H groups in total. The fourth-order valence-corrected chi connectivity index (χ4v) is 1.94. The summed E-state index contributed by atoms with van der Waals surface area (Å²) in [4.78, 5) is 20.2. The van der Waals surface area contributed by atoms with Gasteiger partial charge in [-0.2, -0.15) is 0 Å². The molecule has 0 fully saturated rings. The van der Waals surface area contributed by atoms with E-state index in [1.807, 2.05) is 14.1 Å². The molecule has 18 heavy (non-hydrogen) atoms. The number of methoxy groups -OCH3 is 1. The van der Waals surface area contributed by atoms with Crippen molar-refractivity contribution in [2.24, 2.45) is 5.41 Å². The molecule has 0 aliphatic heterocycles. The summed E-state index contributed by atoms with van der Waals surface area (Å²) in [5, 5.41) is 3.17. The lowest BCUT2D eigenvalue weighted by atomic mass is 9.93. The first-order chi connectivity index (χ1) is 8.35. The quantitative estimate of drug-likeness (QED) is 0.785. The zero-order chi connectivity index (χ0) is 13.8. The van der Waals surface area contributed by atoms with Gasteiger partial charge in [0.2, 0.25) is 5.75 Å². The number of H-pyrrole nitrogens is 1. The third kappa shape index (κ3) is 4.03. The lowest BCUT2D eigenvalue weighted by Crippen LogP contribution is -2.34. The normalized spacial score (nSPS) is 11.7. The second-order valence-electron chi connectivity index (χ2n) is 5.37. The van der Waals surface area contributed by atoms with Crippen LogP contribution in [0.1, 0.15) is 13.8 Å². The standard InChI is InChI=1S/C12H22N4O2/c1-12(2,7-16(3)4)6-13-10-9(18-5)11(17)15-8-14-10/h8H,6-7H2,1-5H3,(H2,13,14,15,17). The van der Waals surface area contributed by atoms with Crippen LogP contribution < -0.4 is 15.6 Å². The van der Waals surface area contributed by atoms with Gasteiger partial charge in [-0.25, -0.2) is 4.98 Å². The molecule has 0 aliphatic carbocycles. The van der Waals surface area contributed by atoms with Gasteiger partial charge >= 0.3 is 0 Å². The minimum absolute atomic E-state index is 0.0682. The predicted octanol–water partition coefficient (Wildman–Crippen LogP) is 0.778. The Kier molecular flexibility index (Phi) is 4.72. The van der Waals surface area contributed by atoms with Gasteiger partial charge in [0.05, 0.1) is 13.4 Å². The molecule has 0 spiro atoms. The molecular weight excluding hydrogens is 232 g/mol. The van der Waals surface area contributed by atoms with E-state index in [0.29, 0.717) is 12.4 Å². The summed E-state index contributed by atoms with van der Waals surface area (Å²) in [7, 11) is 5.53. The highest BCUT2D eigenvalue weighted by molar-refractivity contribution is 5.47. The Morgan fingerprint density at radius 1 is 1.50 bits per heavy atom. The Bertz CT molecular complexity index is 440. The second kappa shape index (κ2) is 5.86. The third-order valence-corrected chi connectivity index (χ3v) is 2.49. The molecule has 0 radical (unpaired) electrons. The molecule has 0 unspecified atom stereocenters. The molecule has 1 rings (SSSR count). The predicted molar refractivity (Wildman–Crippen MR) is 72.2 cm³/mol. The molecule has 0 amide bonds. The molecule has 1 aromatic heterocycles. The van der Waals surface area contributed by atoms with Crippen molar-refractivity contribution in [2.75, 3.05) is 39.6 Å². The number of hydrogen-bond donors (Lipinski definition) is 2. The zero-order valence-electron chi connectivity index (χ0n) is 11.7. The second-order valence-corrected chi connectivity index (χ2v) is 5.37. The maximum Gasteiger partial charge on any atom is 0.295 e. The van der Waals surface area contributed by atoms with Crippen molar-refractivity contribution >= 4 is 5.82 Å². The molecule has 0 saturated heterocycles. The summed E-state index contributed by atoms with van der Waals surface area (Å²) in [6.07, 6.45) is 1.37. The molecule has 102 valence electrons. The van der Waals surface area contributed by atoms with E-state index in [1.54, 1.807) is 0 Å². The van der Waals surface area contributed by atoms with Crippen LogP contribution in [-0.2, 0) is 0 Å². The van der Waals surface area contributed by atoms with E-state index in [2.05, 4.69) is 34.0 Å². The zero-order valence-corrected chi connectivity index (χ0v) is 11.7. The van der Waals surface area contributed by atoms with E-state index in [1.165, 1.54) is 13.4 Å². The topological polar surface area (TPSA) is 70.2 Å². The van der Waals surface area contributed by atoms with Gasteiger partial charge in [0, 0.05) is 13.1 Å². The first-order valence-corrected chi connectivity index (χ1v) is 5.86. The van der Waals surface area contributed by atoms with Crippen LogP contribution in [0.5, 0.6) is 5.75 Å². The summed E-state index contributed by atoms with van der Waals surface area (Å²) < 4.78 is 5.04. The van der Waals surface area contributed by atoms with Crippen LogP contribution in [-0.4, -0.2) is 49.2 Å². The number of rotatable bonds is 6. The number of hydrogen-bond acceptors (Lipinski definition) is 5. The van der Waals surface area contributed by atoms with Gasteiger partial charge in [0.25, 0.3) is 5.56 Å². The van der Waals surface area contributed by atoms with Crippen LogP contribution in [0.2, 0.25) is 0 Å². The summed E-state index contributed by atoms with van der Waals surface area (Å²) in [6.45, 7) is 5.95. The molecule has 6 heteroatoms. The lowest BCUT2D eigenvalue weighted by molar-refractivity contribution is 0.253. The fraction of sp³-hybridized carbons (Fsp3) is 0.667. The number of nitrogens with one attached hydrogen (secondary N) is 2. The Morgan fingerprint density at radius 2 is 2.17 bits per heavy atom. The van der Waals surface area contributed by atoms with E-state index in [0.717, 1.165) is 6.54 Å². The van der Waals surface area contributed by atoms with E-state index >= 15 is 0 Å². The highest BCUT2D eigenvalue weighted by atomic mass is 16.5. The number of aromatic nitrogens is 2. The minimum Gasteiger partial charge on any atom is -0.489 e. The summed E-state index contributed by atoms with van der Waals surface area (Å²) in [5.41, 5.74) is -0.209. The first-order valence-electron chi connectivity index (χ1n) is 5.86. The van der Waals surface area contributed by atoms with E-state index < -0.39 is 0 Å². The van der Waals surface area contributed by atoms with Crippen LogP contribution in [0.3, 0.4) is 0 Å². The number of aromatic amines is 1. The van der Waals surface area contributed by atoms with Crippen LogP contribution in [0.15, 0.2) is 11.1 Å². The van der Waals surface area contributed by atoms with Crippen molar-refractivity contribution in [3.63, 3.8) is 0 Å². The van der Waals surface area contributed by atoms with E-state index in [9.17, 15) is 4.79 Å². The Labute approximate surface area is 107 Å². The molecule has 1 heterocycles. The van der Waals surface area contributed by atoms with E-state index in [4.69, 9.17) is 4.74 Å². The highest BCUT2D eigenvalue weighted by Gasteiger charge is 2.20. The van der Waals surface area contributed by atoms with Gasteiger partial charge in [-0.3, -0.25) is 4.79 Å². The van der Waals surface area contributed by atoms with E-state index in [-0.39, 0.29) is 16.7 Å². The van der Waals surface area contributed by atoms with Gasteiger partial charge in [0.1, 0.15) is 0 Å². The SMILES string of the molecule is COc1c(NCC(C)(C)CN(C)C)nc[nH]c1=O. The van der Waals surface area contributed by atoms with Gasteiger partial charge in [-0.1, -0.05) is 13.8 Å². The largest absolute Gasteiger partial charge is 0.489 e. The van der Waals surface area contributed by atoms with Crippen molar-refractivity contribution in [3.8, 4) is 5.75 Å². The van der Waals surface area contributed by atoms with Gasteiger partial charge in [0.15, 0.2) is 5.82 Å². The fourth-order valence-electron chi connectivity index (χ4n) is 1.94. The molecule has 0 saturated carbocycles. The van der Waals surface area contributed by atoms with Gasteiger partial charge in [-0.05, 0) is 19.5 Å². The summed E-state index contributed by atoms with van der Waals surface area (Å²) >= 11 is 0. The van der Waals surface area contributed by atoms with Crippen molar-refractivity contribution in [3.05, 3.63) is 16.7 Å². The minimum atomic E-state index is -0.277. The van der Waals surface area contributed by atoms with Crippen molar-refractivity contribution in [1.82, 2.24) is 14.9 Å². The molecule has 1 aromatic rings. The van der Waals surface area contributed by atoms with Crippen LogP contribution in [0.4, 0.5) is 5.82 Å². The van der Waals surface area contributed by atoms with Gasteiger partial charge in [-0.15, -0.1) is 0 Å². The maximum atomic E-state index is 11.5. The average molecular weight is 254 g/mol. The maximum absolute atomic E-state index is 11.5. The molecule has 0 aromatic carbocycles. The highest BCUT2D eigenvalue weighted by Crippen LogP contribution is 2.20. The van der Waals surface area contributed by atoms with Crippen LogP contribution >= 0.6 is 0 Å². The Morgan fingerprint density at radius 3 is 2.72 bits per heavy atom. The smallest absolute Gasteiger partial charge is 0.295 e. The first kappa shape index (κ1) is 14.5. The van der Waals surface area contributed by atoms with Crippen molar-refractivity contribution < 1.29 is 4.74 Å².